The van der Waals surface area contributed by atoms with Gasteiger partial charge in [-0.3, -0.25) is 4.57 Å². The van der Waals surface area contributed by atoms with Crippen LogP contribution in [-0.2, 0) is 19.5 Å². The minimum atomic E-state index is -0.0728. The largest absolute Gasteiger partial charge is 0.370 e. The fourth-order valence-corrected chi connectivity index (χ4v) is 2.73. The Kier molecular flexibility index (Phi) is 3.96. The van der Waals surface area contributed by atoms with Crippen LogP contribution >= 0.6 is 11.6 Å². The number of rotatable bonds is 4. The maximum Gasteiger partial charge on any atom is 0.346 e. The number of hydrogen-bond donors (Lipinski definition) is 1. The van der Waals surface area contributed by atoms with Crippen molar-refractivity contribution in [3.05, 3.63) is 39.2 Å². The van der Waals surface area contributed by atoms with E-state index in [0.717, 1.165) is 44.0 Å². The SMILES string of the molecule is CCNc1ccc(Cl)c(Cn2nc3n(c2=O)CCCC3)n1. The Bertz CT molecular complexity index is 706. The van der Waals surface area contributed by atoms with E-state index in [2.05, 4.69) is 15.4 Å². The summed E-state index contributed by atoms with van der Waals surface area (Å²) in [7, 11) is 0. The quantitative estimate of drug-likeness (QED) is 0.937. The van der Waals surface area contributed by atoms with E-state index in [4.69, 9.17) is 11.6 Å². The average Bonchev–Trinajstić information content (AvgIpc) is 2.80. The van der Waals surface area contributed by atoms with E-state index in [1.165, 1.54) is 4.68 Å². The first-order chi connectivity index (χ1) is 10.2. The molecule has 6 nitrogen and oxygen atoms in total. The summed E-state index contributed by atoms with van der Waals surface area (Å²) in [6.45, 7) is 3.85. The highest BCUT2D eigenvalue weighted by molar-refractivity contribution is 6.31. The van der Waals surface area contributed by atoms with Crippen molar-refractivity contribution in [1.29, 1.82) is 0 Å². The van der Waals surface area contributed by atoms with Crippen LogP contribution in [0.4, 0.5) is 5.82 Å². The van der Waals surface area contributed by atoms with Crippen LogP contribution in [0, 0.1) is 0 Å². The van der Waals surface area contributed by atoms with Crippen LogP contribution in [-0.4, -0.2) is 25.9 Å². The molecule has 3 heterocycles. The molecule has 1 aliphatic rings. The van der Waals surface area contributed by atoms with Crippen LogP contribution in [0.15, 0.2) is 16.9 Å². The lowest BCUT2D eigenvalue weighted by molar-refractivity contribution is 0.511. The molecule has 112 valence electrons. The molecule has 1 N–H and O–H groups in total. The summed E-state index contributed by atoms with van der Waals surface area (Å²) in [6.07, 6.45) is 2.99. The molecule has 2 aromatic rings. The second-order valence-corrected chi connectivity index (χ2v) is 5.53. The molecule has 0 spiro atoms. The number of fused-ring (bicyclic) bond motifs is 1. The van der Waals surface area contributed by atoms with E-state index in [1.807, 2.05) is 13.0 Å². The van der Waals surface area contributed by atoms with E-state index in [1.54, 1.807) is 10.6 Å². The van der Waals surface area contributed by atoms with Crippen molar-refractivity contribution in [2.45, 2.75) is 39.3 Å². The highest BCUT2D eigenvalue weighted by atomic mass is 35.5. The lowest BCUT2D eigenvalue weighted by Crippen LogP contribution is -2.27. The molecule has 0 unspecified atom stereocenters. The zero-order chi connectivity index (χ0) is 14.8. The van der Waals surface area contributed by atoms with E-state index in [-0.39, 0.29) is 5.69 Å². The zero-order valence-corrected chi connectivity index (χ0v) is 12.7. The van der Waals surface area contributed by atoms with Crippen molar-refractivity contribution >= 4 is 17.4 Å². The lowest BCUT2D eigenvalue weighted by atomic mass is 10.2. The topological polar surface area (TPSA) is 64.7 Å². The third-order valence-corrected chi connectivity index (χ3v) is 3.95. The molecule has 3 rings (SSSR count). The first-order valence-corrected chi connectivity index (χ1v) is 7.62. The van der Waals surface area contributed by atoms with Crippen molar-refractivity contribution in [2.24, 2.45) is 0 Å². The van der Waals surface area contributed by atoms with Crippen LogP contribution in [0.3, 0.4) is 0 Å². The molecule has 0 bridgehead atoms. The molecule has 7 heteroatoms. The van der Waals surface area contributed by atoms with Crippen LogP contribution in [0.1, 0.15) is 31.3 Å². The Morgan fingerprint density at radius 3 is 3.00 bits per heavy atom. The molecule has 21 heavy (non-hydrogen) atoms. The minimum Gasteiger partial charge on any atom is -0.370 e. The Balaban J connectivity index is 1.91. The number of anilines is 1. The third-order valence-electron chi connectivity index (χ3n) is 3.61. The molecule has 0 amide bonds. The fraction of sp³-hybridized carbons (Fsp3) is 0.500. The van der Waals surface area contributed by atoms with Crippen LogP contribution in [0.2, 0.25) is 5.02 Å². The number of nitrogens with zero attached hydrogens (tertiary/aromatic N) is 4. The summed E-state index contributed by atoms with van der Waals surface area (Å²) in [5.74, 6) is 1.62. The van der Waals surface area contributed by atoms with E-state index < -0.39 is 0 Å². The maximum atomic E-state index is 12.3. The van der Waals surface area contributed by atoms with Crippen molar-refractivity contribution in [3.63, 3.8) is 0 Å². The van der Waals surface area contributed by atoms with Gasteiger partial charge in [0.2, 0.25) is 0 Å². The number of aryl methyl sites for hydroxylation is 1. The highest BCUT2D eigenvalue weighted by Crippen LogP contribution is 2.18. The summed E-state index contributed by atoms with van der Waals surface area (Å²) in [4.78, 5) is 16.8. The fourth-order valence-electron chi connectivity index (χ4n) is 2.57. The Morgan fingerprint density at radius 2 is 2.24 bits per heavy atom. The molecule has 2 aromatic heterocycles. The van der Waals surface area contributed by atoms with Gasteiger partial charge in [-0.1, -0.05) is 11.6 Å². The molecule has 0 radical (unpaired) electrons. The Labute approximate surface area is 127 Å². The van der Waals surface area contributed by atoms with Crippen molar-refractivity contribution in [3.8, 4) is 0 Å². The summed E-state index contributed by atoms with van der Waals surface area (Å²) in [5, 5.41) is 8.10. The minimum absolute atomic E-state index is 0.0728. The predicted molar refractivity (Wildman–Crippen MR) is 81.9 cm³/mol. The van der Waals surface area contributed by atoms with Gasteiger partial charge in [-0.05, 0) is 31.9 Å². The predicted octanol–water partition coefficient (Wildman–Crippen LogP) is 1.91. The molecular weight excluding hydrogens is 290 g/mol. The molecule has 0 aliphatic carbocycles. The van der Waals surface area contributed by atoms with Crippen molar-refractivity contribution < 1.29 is 0 Å². The van der Waals surface area contributed by atoms with E-state index in [0.29, 0.717) is 17.3 Å². The third kappa shape index (κ3) is 2.81. The first kappa shape index (κ1) is 14.1. The lowest BCUT2D eigenvalue weighted by Gasteiger charge is -2.09. The van der Waals surface area contributed by atoms with Crippen LogP contribution < -0.4 is 11.0 Å². The summed E-state index contributed by atoms with van der Waals surface area (Å²) < 4.78 is 3.22. The number of aromatic nitrogens is 4. The Morgan fingerprint density at radius 1 is 1.38 bits per heavy atom. The smallest absolute Gasteiger partial charge is 0.346 e. The van der Waals surface area contributed by atoms with Gasteiger partial charge in [0, 0.05) is 19.5 Å². The second-order valence-electron chi connectivity index (χ2n) is 5.12. The van der Waals surface area contributed by atoms with Gasteiger partial charge >= 0.3 is 5.69 Å². The molecule has 0 fully saturated rings. The zero-order valence-electron chi connectivity index (χ0n) is 12.0. The number of nitrogens with one attached hydrogen (secondary N) is 1. The van der Waals surface area contributed by atoms with Gasteiger partial charge in [-0.25, -0.2) is 14.5 Å². The maximum absolute atomic E-state index is 12.3. The van der Waals surface area contributed by atoms with Crippen molar-refractivity contribution in [1.82, 2.24) is 19.3 Å². The summed E-state index contributed by atoms with van der Waals surface area (Å²) in [6, 6.07) is 3.62. The van der Waals surface area contributed by atoms with Gasteiger partial charge in [0.1, 0.15) is 11.6 Å². The van der Waals surface area contributed by atoms with Gasteiger partial charge in [-0.15, -0.1) is 0 Å². The van der Waals surface area contributed by atoms with Crippen LogP contribution in [0.5, 0.6) is 0 Å². The molecule has 0 saturated heterocycles. The molecule has 0 aromatic carbocycles. The second kappa shape index (κ2) is 5.89. The molecule has 0 saturated carbocycles. The van der Waals surface area contributed by atoms with E-state index in [9.17, 15) is 4.79 Å². The van der Waals surface area contributed by atoms with Gasteiger partial charge < -0.3 is 5.32 Å². The van der Waals surface area contributed by atoms with Gasteiger partial charge in [0.25, 0.3) is 0 Å². The monoisotopic (exact) mass is 307 g/mol. The standard InChI is InChI=1S/C14H18ClN5O/c1-2-16-12-7-6-10(15)11(17-12)9-20-14(21)19-8-4-3-5-13(19)18-20/h6-7H,2-5,8-9H2,1H3,(H,16,17). The van der Waals surface area contributed by atoms with Gasteiger partial charge in [0.05, 0.1) is 17.3 Å². The van der Waals surface area contributed by atoms with Gasteiger partial charge in [-0.2, -0.15) is 5.10 Å². The molecule has 1 aliphatic heterocycles. The normalized spacial score (nSPS) is 14.0. The van der Waals surface area contributed by atoms with Crippen LogP contribution in [0.25, 0.3) is 0 Å². The first-order valence-electron chi connectivity index (χ1n) is 7.25. The highest BCUT2D eigenvalue weighted by Gasteiger charge is 2.17. The van der Waals surface area contributed by atoms with E-state index >= 15 is 0 Å². The summed E-state index contributed by atoms with van der Waals surface area (Å²) >= 11 is 6.19. The Hall–Kier alpha value is -1.82. The number of pyridine rings is 1. The number of halogens is 1. The summed E-state index contributed by atoms with van der Waals surface area (Å²) in [5.41, 5.74) is 0.587. The van der Waals surface area contributed by atoms with Crippen molar-refractivity contribution in [2.75, 3.05) is 11.9 Å². The average molecular weight is 308 g/mol. The molecule has 0 atom stereocenters. The molecular formula is C14H18ClN5O. The van der Waals surface area contributed by atoms with Gasteiger partial charge in [0.15, 0.2) is 0 Å². The number of hydrogen-bond acceptors (Lipinski definition) is 4.